The maximum atomic E-state index is 3.19. The Hall–Kier alpha value is -0.860. The first-order valence-corrected chi connectivity index (χ1v) is 7.46. The molecule has 0 bridgehead atoms. The van der Waals surface area contributed by atoms with Gasteiger partial charge in [0.05, 0.1) is 0 Å². The van der Waals surface area contributed by atoms with E-state index in [4.69, 9.17) is 0 Å². The lowest BCUT2D eigenvalue weighted by atomic mass is 10.1. The number of nitrogens with one attached hydrogen (secondary N) is 1. The summed E-state index contributed by atoms with van der Waals surface area (Å²) in [6.07, 6.45) is 0. The van der Waals surface area contributed by atoms with Crippen LogP contribution in [0.3, 0.4) is 0 Å². The van der Waals surface area contributed by atoms with Crippen molar-refractivity contribution in [2.75, 3.05) is 20.1 Å². The first-order chi connectivity index (χ1) is 9.01. The molecule has 108 valence electrons. The highest BCUT2D eigenvalue weighted by atomic mass is 15.1. The van der Waals surface area contributed by atoms with Crippen LogP contribution in [0.5, 0.6) is 0 Å². The normalized spacial score (nSPS) is 11.8. The first kappa shape index (κ1) is 16.2. The predicted octanol–water partition coefficient (Wildman–Crippen LogP) is 3.52. The minimum Gasteiger partial charge on any atom is -0.316 e. The fourth-order valence-electron chi connectivity index (χ4n) is 2.46. The number of hydrogen-bond donors (Lipinski definition) is 1. The summed E-state index contributed by atoms with van der Waals surface area (Å²) in [5.74, 6) is 1.45. The molecule has 0 aromatic heterocycles. The number of hydrogen-bond acceptors (Lipinski definition) is 2. The Morgan fingerprint density at radius 2 is 1.37 bits per heavy atom. The molecule has 0 fully saturated rings. The van der Waals surface area contributed by atoms with E-state index in [1.165, 1.54) is 24.2 Å². The van der Waals surface area contributed by atoms with Gasteiger partial charge in [-0.05, 0) is 30.0 Å². The van der Waals surface area contributed by atoms with Gasteiger partial charge in [0, 0.05) is 26.2 Å². The third-order valence-corrected chi connectivity index (χ3v) is 3.06. The minimum atomic E-state index is 0.724. The number of nitrogens with zero attached hydrogens (tertiary/aromatic N) is 1. The van der Waals surface area contributed by atoms with Crippen LogP contribution in [0.2, 0.25) is 0 Å². The fourth-order valence-corrected chi connectivity index (χ4v) is 2.46. The van der Waals surface area contributed by atoms with Crippen molar-refractivity contribution < 1.29 is 0 Å². The van der Waals surface area contributed by atoms with Gasteiger partial charge in [-0.15, -0.1) is 0 Å². The van der Waals surface area contributed by atoms with Gasteiger partial charge in [-0.3, -0.25) is 4.90 Å². The molecule has 0 spiro atoms. The summed E-state index contributed by atoms with van der Waals surface area (Å²) < 4.78 is 0. The van der Waals surface area contributed by atoms with Gasteiger partial charge in [-0.2, -0.15) is 0 Å². The van der Waals surface area contributed by atoms with Gasteiger partial charge >= 0.3 is 0 Å². The molecule has 0 heterocycles. The van der Waals surface area contributed by atoms with Gasteiger partial charge in [-0.1, -0.05) is 52.0 Å². The van der Waals surface area contributed by atoms with Crippen molar-refractivity contribution in [3.05, 3.63) is 35.4 Å². The van der Waals surface area contributed by atoms with Crippen molar-refractivity contribution >= 4 is 0 Å². The van der Waals surface area contributed by atoms with Crippen LogP contribution in [0.25, 0.3) is 0 Å². The van der Waals surface area contributed by atoms with E-state index in [0.29, 0.717) is 0 Å². The largest absolute Gasteiger partial charge is 0.316 e. The lowest BCUT2D eigenvalue weighted by Crippen LogP contribution is -2.30. The van der Waals surface area contributed by atoms with Crippen LogP contribution in [0, 0.1) is 11.8 Å². The third kappa shape index (κ3) is 6.74. The molecule has 0 saturated carbocycles. The zero-order valence-corrected chi connectivity index (χ0v) is 13.2. The van der Waals surface area contributed by atoms with Crippen molar-refractivity contribution in [1.29, 1.82) is 0 Å². The zero-order valence-electron chi connectivity index (χ0n) is 13.2. The molecule has 2 nitrogen and oxygen atoms in total. The lowest BCUT2D eigenvalue weighted by molar-refractivity contribution is 0.211. The quantitative estimate of drug-likeness (QED) is 0.771. The second-order valence-electron chi connectivity index (χ2n) is 6.33. The van der Waals surface area contributed by atoms with Crippen LogP contribution in [0.1, 0.15) is 38.8 Å². The zero-order chi connectivity index (χ0) is 14.3. The summed E-state index contributed by atoms with van der Waals surface area (Å²) >= 11 is 0. The van der Waals surface area contributed by atoms with Crippen molar-refractivity contribution in [2.24, 2.45) is 11.8 Å². The van der Waals surface area contributed by atoms with Crippen LogP contribution in [0.4, 0.5) is 0 Å². The first-order valence-electron chi connectivity index (χ1n) is 7.46. The highest BCUT2D eigenvalue weighted by molar-refractivity contribution is 5.22. The van der Waals surface area contributed by atoms with Crippen LogP contribution >= 0.6 is 0 Å². The SMILES string of the molecule is CNCc1ccc(CN(CC(C)C)CC(C)C)cc1. The van der Waals surface area contributed by atoms with E-state index >= 15 is 0 Å². The molecule has 2 heteroatoms. The topological polar surface area (TPSA) is 15.3 Å². The molecule has 1 aromatic rings. The Kier molecular flexibility index (Phi) is 7.11. The van der Waals surface area contributed by atoms with Crippen molar-refractivity contribution in [3.63, 3.8) is 0 Å². The maximum Gasteiger partial charge on any atom is 0.0233 e. The Labute approximate surface area is 119 Å². The van der Waals surface area contributed by atoms with E-state index in [-0.39, 0.29) is 0 Å². The third-order valence-electron chi connectivity index (χ3n) is 3.06. The summed E-state index contributed by atoms with van der Waals surface area (Å²) in [6, 6.07) is 8.99. The number of rotatable bonds is 8. The lowest BCUT2D eigenvalue weighted by Gasteiger charge is -2.26. The van der Waals surface area contributed by atoms with Gasteiger partial charge < -0.3 is 5.32 Å². The second kappa shape index (κ2) is 8.34. The van der Waals surface area contributed by atoms with Gasteiger partial charge in [-0.25, -0.2) is 0 Å². The summed E-state index contributed by atoms with van der Waals surface area (Å²) in [5, 5.41) is 3.19. The Morgan fingerprint density at radius 1 is 0.895 bits per heavy atom. The summed E-state index contributed by atoms with van der Waals surface area (Å²) in [7, 11) is 1.99. The van der Waals surface area contributed by atoms with Crippen molar-refractivity contribution in [1.82, 2.24) is 10.2 Å². The fraction of sp³-hybridized carbons (Fsp3) is 0.647. The molecule has 0 aliphatic carbocycles. The molecule has 0 aliphatic heterocycles. The monoisotopic (exact) mass is 262 g/mol. The van der Waals surface area contributed by atoms with Gasteiger partial charge in [0.2, 0.25) is 0 Å². The van der Waals surface area contributed by atoms with Crippen molar-refractivity contribution in [3.8, 4) is 0 Å². The smallest absolute Gasteiger partial charge is 0.0233 e. The molecule has 0 atom stereocenters. The molecular weight excluding hydrogens is 232 g/mol. The molecule has 0 saturated heterocycles. The Bertz CT molecular complexity index is 331. The van der Waals surface area contributed by atoms with E-state index in [2.05, 4.69) is 62.2 Å². The average Bonchev–Trinajstić information content (AvgIpc) is 2.30. The number of benzene rings is 1. The minimum absolute atomic E-state index is 0.724. The maximum absolute atomic E-state index is 3.19. The average molecular weight is 262 g/mol. The summed E-state index contributed by atoms with van der Waals surface area (Å²) in [6.45, 7) is 13.5. The van der Waals surface area contributed by atoms with Crippen LogP contribution in [0.15, 0.2) is 24.3 Å². The second-order valence-corrected chi connectivity index (χ2v) is 6.33. The highest BCUT2D eigenvalue weighted by Crippen LogP contribution is 2.11. The van der Waals surface area contributed by atoms with E-state index in [1.54, 1.807) is 0 Å². The Morgan fingerprint density at radius 3 is 1.79 bits per heavy atom. The molecule has 1 aromatic carbocycles. The van der Waals surface area contributed by atoms with E-state index in [9.17, 15) is 0 Å². The predicted molar refractivity (Wildman–Crippen MR) is 84.2 cm³/mol. The van der Waals surface area contributed by atoms with Gasteiger partial charge in [0.15, 0.2) is 0 Å². The van der Waals surface area contributed by atoms with Gasteiger partial charge in [0.25, 0.3) is 0 Å². The van der Waals surface area contributed by atoms with Crippen LogP contribution < -0.4 is 5.32 Å². The van der Waals surface area contributed by atoms with E-state index in [1.807, 2.05) is 7.05 Å². The molecule has 0 unspecified atom stereocenters. The van der Waals surface area contributed by atoms with Crippen LogP contribution in [-0.2, 0) is 13.1 Å². The molecule has 19 heavy (non-hydrogen) atoms. The van der Waals surface area contributed by atoms with E-state index in [0.717, 1.165) is 24.9 Å². The van der Waals surface area contributed by atoms with E-state index < -0.39 is 0 Å². The molecule has 0 aliphatic rings. The molecule has 1 N–H and O–H groups in total. The Balaban J connectivity index is 2.61. The molecule has 0 amide bonds. The summed E-state index contributed by atoms with van der Waals surface area (Å²) in [4.78, 5) is 2.57. The standard InChI is InChI=1S/C17H30N2/c1-14(2)11-19(12-15(3)4)13-17-8-6-16(7-9-17)10-18-5/h6-9,14-15,18H,10-13H2,1-5H3. The molecule has 0 radical (unpaired) electrons. The van der Waals surface area contributed by atoms with Crippen molar-refractivity contribution in [2.45, 2.75) is 40.8 Å². The summed E-state index contributed by atoms with van der Waals surface area (Å²) in [5.41, 5.74) is 2.77. The molecular formula is C17H30N2. The van der Waals surface area contributed by atoms with Gasteiger partial charge in [0.1, 0.15) is 0 Å². The highest BCUT2D eigenvalue weighted by Gasteiger charge is 2.10. The van der Waals surface area contributed by atoms with Crippen LogP contribution in [-0.4, -0.2) is 25.0 Å². The molecule has 1 rings (SSSR count).